The number of nitrogens with one attached hydrogen (secondary N) is 3. The molecule has 0 radical (unpaired) electrons. The van der Waals surface area contributed by atoms with E-state index < -0.39 is 17.7 Å². The van der Waals surface area contributed by atoms with E-state index in [4.69, 9.17) is 23.2 Å². The molecule has 9 heteroatoms. The zero-order valence-corrected chi connectivity index (χ0v) is 17.9. The first kappa shape index (κ1) is 21.4. The molecule has 3 N–H and O–H groups in total. The highest BCUT2D eigenvalue weighted by Gasteiger charge is 2.21. The summed E-state index contributed by atoms with van der Waals surface area (Å²) in [6.07, 6.45) is 0. The minimum absolute atomic E-state index is 0.109. The molecule has 32 heavy (non-hydrogen) atoms. The number of rotatable bonds is 4. The zero-order valence-electron chi connectivity index (χ0n) is 16.4. The maximum absolute atomic E-state index is 13.0. The maximum atomic E-state index is 13.0. The largest absolute Gasteiger partial charge is 0.328 e. The Balaban J connectivity index is 1.63. The van der Waals surface area contributed by atoms with Gasteiger partial charge in [-0.05, 0) is 60.7 Å². The number of carbonyl (C=O) groups excluding carboxylic acids is 3. The van der Waals surface area contributed by atoms with Crippen molar-refractivity contribution in [2.24, 2.45) is 0 Å². The molecule has 1 aromatic heterocycles. The molecule has 3 aromatic carbocycles. The first-order valence-corrected chi connectivity index (χ1v) is 10.2. The van der Waals surface area contributed by atoms with Gasteiger partial charge in [-0.1, -0.05) is 41.4 Å². The summed E-state index contributed by atoms with van der Waals surface area (Å²) in [5, 5.41) is 6.86. The van der Waals surface area contributed by atoms with Gasteiger partial charge < -0.3 is 10.6 Å². The number of carbonyl (C=O) groups is 3. The predicted octanol–water partition coefficient (Wildman–Crippen LogP) is 4.91. The maximum Gasteiger partial charge on any atom is 0.328 e. The lowest BCUT2D eigenvalue weighted by Crippen LogP contribution is -2.35. The molecular formula is C23H16Cl2N4O3. The normalized spacial score (nSPS) is 10.6. The van der Waals surface area contributed by atoms with Crippen LogP contribution in [0.1, 0.15) is 10.5 Å². The van der Waals surface area contributed by atoms with Crippen molar-refractivity contribution in [3.8, 4) is 0 Å². The molecule has 0 fully saturated rings. The minimum Gasteiger partial charge on any atom is -0.321 e. The van der Waals surface area contributed by atoms with Gasteiger partial charge in [-0.2, -0.15) is 0 Å². The van der Waals surface area contributed by atoms with Crippen molar-refractivity contribution < 1.29 is 14.4 Å². The average Bonchev–Trinajstić information content (AvgIpc) is 3.13. The molecule has 0 aliphatic carbocycles. The Morgan fingerprint density at radius 1 is 0.688 bits per heavy atom. The van der Waals surface area contributed by atoms with Crippen molar-refractivity contribution >= 4 is 63.2 Å². The first-order chi connectivity index (χ1) is 15.4. The summed E-state index contributed by atoms with van der Waals surface area (Å²) in [6.45, 7) is 0. The molecule has 0 unspecified atom stereocenters. The number of amides is 3. The van der Waals surface area contributed by atoms with E-state index in [1.54, 1.807) is 78.9 Å². The quantitative estimate of drug-likeness (QED) is 0.373. The summed E-state index contributed by atoms with van der Waals surface area (Å²) < 4.78 is 1.25. The standard InChI is InChI=1S/C23H16Cl2N4O3/c24-15-6-9-18(10-7-15)26-21(30)20-13-14-12-16(25)8-11-19(14)29(20)28-23(32)22(31)27-17-4-2-1-3-5-17/h1-13H,(H,26,30)(H,27,31)(H,28,32). The number of para-hydroxylation sites is 1. The number of fused-ring (bicyclic) bond motifs is 1. The summed E-state index contributed by atoms with van der Waals surface area (Å²) in [4.78, 5) is 37.9. The van der Waals surface area contributed by atoms with Gasteiger partial charge in [0, 0.05) is 26.8 Å². The number of benzene rings is 3. The van der Waals surface area contributed by atoms with Crippen LogP contribution in [0.2, 0.25) is 10.0 Å². The van der Waals surface area contributed by atoms with E-state index in [0.29, 0.717) is 32.3 Å². The number of halogens is 2. The van der Waals surface area contributed by atoms with Gasteiger partial charge >= 0.3 is 11.8 Å². The molecule has 0 atom stereocenters. The third-order valence-electron chi connectivity index (χ3n) is 4.55. The number of aromatic nitrogens is 1. The molecular weight excluding hydrogens is 451 g/mol. The minimum atomic E-state index is -0.943. The Bertz CT molecular complexity index is 1320. The molecule has 7 nitrogen and oxygen atoms in total. The third kappa shape index (κ3) is 4.74. The molecule has 1 heterocycles. The number of hydrogen-bond acceptors (Lipinski definition) is 3. The molecule has 0 bridgehead atoms. The Hall–Kier alpha value is -3.81. The molecule has 0 spiro atoms. The highest BCUT2D eigenvalue weighted by atomic mass is 35.5. The zero-order chi connectivity index (χ0) is 22.7. The Kier molecular flexibility index (Phi) is 6.11. The second-order valence-corrected chi connectivity index (χ2v) is 7.66. The molecule has 4 aromatic rings. The van der Waals surface area contributed by atoms with Crippen molar-refractivity contribution in [2.75, 3.05) is 16.1 Å². The van der Waals surface area contributed by atoms with Gasteiger partial charge in [-0.25, -0.2) is 4.68 Å². The van der Waals surface area contributed by atoms with Crippen LogP contribution in [0, 0.1) is 0 Å². The van der Waals surface area contributed by atoms with Crippen molar-refractivity contribution in [2.45, 2.75) is 0 Å². The van der Waals surface area contributed by atoms with Crippen molar-refractivity contribution in [1.82, 2.24) is 4.68 Å². The van der Waals surface area contributed by atoms with Gasteiger partial charge in [-0.15, -0.1) is 0 Å². The van der Waals surface area contributed by atoms with Crippen molar-refractivity contribution in [3.63, 3.8) is 0 Å². The lowest BCUT2D eigenvalue weighted by Gasteiger charge is -2.13. The van der Waals surface area contributed by atoms with Gasteiger partial charge in [0.05, 0.1) is 5.52 Å². The van der Waals surface area contributed by atoms with E-state index >= 15 is 0 Å². The average molecular weight is 467 g/mol. The molecule has 4 rings (SSSR count). The smallest absolute Gasteiger partial charge is 0.321 e. The molecule has 0 aliphatic rings. The fourth-order valence-electron chi connectivity index (χ4n) is 3.06. The first-order valence-electron chi connectivity index (χ1n) is 9.46. The third-order valence-corrected chi connectivity index (χ3v) is 5.04. The highest BCUT2D eigenvalue weighted by molar-refractivity contribution is 6.42. The number of anilines is 2. The fraction of sp³-hybridized carbons (Fsp3) is 0. The Morgan fingerprint density at radius 3 is 2.06 bits per heavy atom. The van der Waals surface area contributed by atoms with Gasteiger partial charge in [0.25, 0.3) is 5.91 Å². The van der Waals surface area contributed by atoms with Crippen LogP contribution in [0.25, 0.3) is 10.9 Å². The van der Waals surface area contributed by atoms with Crippen LogP contribution in [-0.4, -0.2) is 22.4 Å². The summed E-state index contributed by atoms with van der Waals surface area (Å²) in [5.41, 5.74) is 4.08. The van der Waals surface area contributed by atoms with Crippen LogP contribution in [0.15, 0.2) is 78.9 Å². The van der Waals surface area contributed by atoms with Crippen LogP contribution < -0.4 is 16.1 Å². The number of hydrogen-bond donors (Lipinski definition) is 3. The van der Waals surface area contributed by atoms with Gasteiger partial charge in [-0.3, -0.25) is 19.8 Å². The fourth-order valence-corrected chi connectivity index (χ4v) is 3.37. The van der Waals surface area contributed by atoms with Gasteiger partial charge in [0.1, 0.15) is 5.69 Å². The van der Waals surface area contributed by atoms with Crippen LogP contribution in [0.4, 0.5) is 11.4 Å². The van der Waals surface area contributed by atoms with Crippen molar-refractivity contribution in [1.29, 1.82) is 0 Å². The van der Waals surface area contributed by atoms with Crippen molar-refractivity contribution in [3.05, 3.63) is 94.6 Å². The van der Waals surface area contributed by atoms with Crippen LogP contribution in [0.3, 0.4) is 0 Å². The SMILES string of the molecule is O=C(Nc1ccccc1)C(=O)Nn1c(C(=O)Nc2ccc(Cl)cc2)cc2cc(Cl)ccc21. The predicted molar refractivity (Wildman–Crippen MR) is 126 cm³/mol. The van der Waals surface area contributed by atoms with E-state index in [1.807, 2.05) is 0 Å². The molecule has 0 aliphatic heterocycles. The summed E-state index contributed by atoms with van der Waals surface area (Å²) >= 11 is 12.0. The lowest BCUT2D eigenvalue weighted by molar-refractivity contribution is -0.133. The second kappa shape index (κ2) is 9.13. The van der Waals surface area contributed by atoms with E-state index in [1.165, 1.54) is 4.68 Å². The Morgan fingerprint density at radius 2 is 1.34 bits per heavy atom. The summed E-state index contributed by atoms with van der Waals surface area (Å²) in [6, 6.07) is 21.6. The van der Waals surface area contributed by atoms with E-state index in [0.717, 1.165) is 0 Å². The van der Waals surface area contributed by atoms with E-state index in [2.05, 4.69) is 16.1 Å². The van der Waals surface area contributed by atoms with E-state index in [9.17, 15) is 14.4 Å². The highest BCUT2D eigenvalue weighted by Crippen LogP contribution is 2.24. The monoisotopic (exact) mass is 466 g/mol. The van der Waals surface area contributed by atoms with Gasteiger partial charge in [0.2, 0.25) is 0 Å². The summed E-state index contributed by atoms with van der Waals surface area (Å²) in [7, 11) is 0. The molecule has 0 saturated carbocycles. The summed E-state index contributed by atoms with van der Waals surface area (Å²) in [5.74, 6) is -2.32. The second-order valence-electron chi connectivity index (χ2n) is 6.79. The van der Waals surface area contributed by atoms with Gasteiger partial charge in [0.15, 0.2) is 0 Å². The lowest BCUT2D eigenvalue weighted by atomic mass is 10.2. The molecule has 0 saturated heterocycles. The van der Waals surface area contributed by atoms with Crippen LogP contribution in [0.5, 0.6) is 0 Å². The Labute approximate surface area is 192 Å². The van der Waals surface area contributed by atoms with Crippen LogP contribution in [-0.2, 0) is 9.59 Å². The topological polar surface area (TPSA) is 92.2 Å². The van der Waals surface area contributed by atoms with E-state index in [-0.39, 0.29) is 5.69 Å². The molecule has 3 amide bonds. The number of nitrogens with zero attached hydrogens (tertiary/aromatic N) is 1. The van der Waals surface area contributed by atoms with Crippen LogP contribution >= 0.6 is 23.2 Å². The molecule has 160 valence electrons.